The van der Waals surface area contributed by atoms with Crippen molar-refractivity contribution in [1.82, 2.24) is 0 Å². The van der Waals surface area contributed by atoms with Gasteiger partial charge in [-0.05, 0) is 13.8 Å². The Morgan fingerprint density at radius 1 is 1.36 bits per heavy atom. The van der Waals surface area contributed by atoms with E-state index >= 15 is 0 Å². The second kappa shape index (κ2) is 4.66. The lowest BCUT2D eigenvalue weighted by atomic mass is 10.2. The normalized spacial score (nSPS) is 11.0. The Balaban J connectivity index is 3.92. The van der Waals surface area contributed by atoms with Gasteiger partial charge in [0.15, 0.2) is 5.78 Å². The van der Waals surface area contributed by atoms with E-state index in [2.05, 4.69) is 4.74 Å². The Bertz CT molecular complexity index is 192. The summed E-state index contributed by atoms with van der Waals surface area (Å²) in [7, 11) is 0. The number of Topliss-reactive ketones (excluding diaryl/α,β-unsaturated/α-hetero) is 1. The standard InChI is InChI=1S/C8H12O3/c1-4-8(6(2)9)5-11-7(3)10/h4H,5H2,1-3H3. The number of allylic oxidation sites excluding steroid dienone is 1. The van der Waals surface area contributed by atoms with Gasteiger partial charge < -0.3 is 4.74 Å². The van der Waals surface area contributed by atoms with Crippen LogP contribution in [0, 0.1) is 0 Å². The fourth-order valence-electron chi connectivity index (χ4n) is 0.568. The molecule has 0 aromatic carbocycles. The molecule has 0 N–H and O–H groups in total. The zero-order chi connectivity index (χ0) is 8.85. The maximum atomic E-state index is 10.7. The number of esters is 1. The highest BCUT2D eigenvalue weighted by atomic mass is 16.5. The second-order valence-electron chi connectivity index (χ2n) is 2.15. The minimum atomic E-state index is -0.370. The highest BCUT2D eigenvalue weighted by Crippen LogP contribution is 1.96. The Morgan fingerprint density at radius 3 is 2.18 bits per heavy atom. The SMILES string of the molecule is CC=C(COC(C)=O)C(C)=O. The predicted molar refractivity (Wildman–Crippen MR) is 41.1 cm³/mol. The lowest BCUT2D eigenvalue weighted by molar-refractivity contribution is -0.140. The van der Waals surface area contributed by atoms with E-state index in [0.29, 0.717) is 5.57 Å². The molecule has 3 heteroatoms. The number of hydrogen-bond acceptors (Lipinski definition) is 3. The minimum absolute atomic E-state index is 0.0613. The van der Waals surface area contributed by atoms with Crippen molar-refractivity contribution in [2.24, 2.45) is 0 Å². The quantitative estimate of drug-likeness (QED) is 0.453. The van der Waals surface area contributed by atoms with Crippen molar-refractivity contribution in [3.63, 3.8) is 0 Å². The summed E-state index contributed by atoms with van der Waals surface area (Å²) in [6, 6.07) is 0. The van der Waals surface area contributed by atoms with Crippen molar-refractivity contribution in [2.45, 2.75) is 20.8 Å². The van der Waals surface area contributed by atoms with Crippen LogP contribution in [0.1, 0.15) is 20.8 Å². The van der Waals surface area contributed by atoms with Crippen LogP contribution < -0.4 is 0 Å². The molecule has 0 heterocycles. The molecule has 0 atom stereocenters. The lowest BCUT2D eigenvalue weighted by Gasteiger charge is -2.01. The molecule has 0 aliphatic rings. The summed E-state index contributed by atoms with van der Waals surface area (Å²) in [4.78, 5) is 21.1. The number of ketones is 1. The molecule has 0 spiro atoms. The maximum Gasteiger partial charge on any atom is 0.302 e. The first-order valence-corrected chi connectivity index (χ1v) is 3.37. The van der Waals surface area contributed by atoms with E-state index in [1.165, 1.54) is 13.8 Å². The summed E-state index contributed by atoms with van der Waals surface area (Å²) < 4.78 is 4.63. The van der Waals surface area contributed by atoms with E-state index in [4.69, 9.17) is 0 Å². The molecule has 0 aliphatic heterocycles. The summed E-state index contributed by atoms with van der Waals surface area (Å²) in [5.74, 6) is -0.431. The molecule has 0 rings (SSSR count). The van der Waals surface area contributed by atoms with E-state index in [9.17, 15) is 9.59 Å². The van der Waals surface area contributed by atoms with Crippen molar-refractivity contribution in [1.29, 1.82) is 0 Å². The molecular formula is C8H12O3. The molecule has 0 fully saturated rings. The van der Waals surface area contributed by atoms with Gasteiger partial charge in [0.05, 0.1) is 0 Å². The molecule has 0 saturated heterocycles. The van der Waals surface area contributed by atoms with Crippen LogP contribution >= 0.6 is 0 Å². The average Bonchev–Trinajstić information content (AvgIpc) is 1.87. The number of carbonyl (C=O) groups is 2. The van der Waals surface area contributed by atoms with Crippen LogP contribution in [0.5, 0.6) is 0 Å². The first-order chi connectivity index (χ1) is 5.07. The fraction of sp³-hybridized carbons (Fsp3) is 0.500. The van der Waals surface area contributed by atoms with Gasteiger partial charge in [-0.15, -0.1) is 0 Å². The Kier molecular flexibility index (Phi) is 4.18. The Labute approximate surface area is 66.0 Å². The summed E-state index contributed by atoms with van der Waals surface area (Å²) in [5, 5.41) is 0. The molecule has 3 nitrogen and oxygen atoms in total. The monoisotopic (exact) mass is 156 g/mol. The van der Waals surface area contributed by atoms with Crippen molar-refractivity contribution in [2.75, 3.05) is 6.61 Å². The van der Waals surface area contributed by atoms with Crippen LogP contribution in [-0.2, 0) is 14.3 Å². The zero-order valence-electron chi connectivity index (χ0n) is 7.01. The molecule has 0 radical (unpaired) electrons. The van der Waals surface area contributed by atoms with Gasteiger partial charge in [-0.25, -0.2) is 0 Å². The molecule has 62 valence electrons. The molecule has 0 unspecified atom stereocenters. The zero-order valence-corrected chi connectivity index (χ0v) is 7.01. The first-order valence-electron chi connectivity index (χ1n) is 3.37. The fourth-order valence-corrected chi connectivity index (χ4v) is 0.568. The van der Waals surface area contributed by atoms with Crippen LogP contribution in [0.4, 0.5) is 0 Å². The van der Waals surface area contributed by atoms with E-state index in [-0.39, 0.29) is 18.4 Å². The molecular weight excluding hydrogens is 144 g/mol. The third-order valence-corrected chi connectivity index (χ3v) is 1.23. The predicted octanol–water partition coefficient (Wildman–Crippen LogP) is 1.08. The van der Waals surface area contributed by atoms with Crippen molar-refractivity contribution in [3.05, 3.63) is 11.6 Å². The third kappa shape index (κ3) is 4.31. The Hall–Kier alpha value is -1.12. The molecule has 0 aromatic heterocycles. The van der Waals surface area contributed by atoms with Gasteiger partial charge in [0.2, 0.25) is 0 Å². The number of ether oxygens (including phenoxy) is 1. The van der Waals surface area contributed by atoms with Crippen LogP contribution in [0.25, 0.3) is 0 Å². The number of carbonyl (C=O) groups excluding carboxylic acids is 2. The van der Waals surface area contributed by atoms with Crippen molar-refractivity contribution < 1.29 is 14.3 Å². The summed E-state index contributed by atoms with van der Waals surface area (Å²) in [6.45, 7) is 4.58. The topological polar surface area (TPSA) is 43.4 Å². The number of rotatable bonds is 3. The maximum absolute atomic E-state index is 10.7. The first kappa shape index (κ1) is 9.88. The second-order valence-corrected chi connectivity index (χ2v) is 2.15. The largest absolute Gasteiger partial charge is 0.461 e. The van der Waals surface area contributed by atoms with E-state index in [1.54, 1.807) is 13.0 Å². The van der Waals surface area contributed by atoms with Gasteiger partial charge in [-0.3, -0.25) is 9.59 Å². The van der Waals surface area contributed by atoms with Crippen LogP contribution in [-0.4, -0.2) is 18.4 Å². The number of hydrogen-bond donors (Lipinski definition) is 0. The van der Waals surface area contributed by atoms with Gasteiger partial charge in [0.25, 0.3) is 0 Å². The smallest absolute Gasteiger partial charge is 0.302 e. The average molecular weight is 156 g/mol. The van der Waals surface area contributed by atoms with Gasteiger partial charge in [-0.1, -0.05) is 6.08 Å². The molecule has 0 saturated carbocycles. The van der Waals surface area contributed by atoms with Gasteiger partial charge in [-0.2, -0.15) is 0 Å². The summed E-state index contributed by atoms with van der Waals surface area (Å²) in [6.07, 6.45) is 1.64. The minimum Gasteiger partial charge on any atom is -0.461 e. The molecule has 11 heavy (non-hydrogen) atoms. The molecule has 0 amide bonds. The van der Waals surface area contributed by atoms with Gasteiger partial charge in [0.1, 0.15) is 6.61 Å². The van der Waals surface area contributed by atoms with E-state index in [1.807, 2.05) is 0 Å². The highest BCUT2D eigenvalue weighted by molar-refractivity contribution is 5.93. The van der Waals surface area contributed by atoms with E-state index < -0.39 is 0 Å². The van der Waals surface area contributed by atoms with Crippen LogP contribution in [0.3, 0.4) is 0 Å². The van der Waals surface area contributed by atoms with Crippen LogP contribution in [0.2, 0.25) is 0 Å². The van der Waals surface area contributed by atoms with Crippen molar-refractivity contribution in [3.8, 4) is 0 Å². The molecule has 0 aliphatic carbocycles. The molecule has 0 aromatic rings. The van der Waals surface area contributed by atoms with Gasteiger partial charge >= 0.3 is 5.97 Å². The van der Waals surface area contributed by atoms with E-state index in [0.717, 1.165) is 0 Å². The Morgan fingerprint density at radius 2 is 1.91 bits per heavy atom. The third-order valence-electron chi connectivity index (χ3n) is 1.23. The highest BCUT2D eigenvalue weighted by Gasteiger charge is 2.03. The lowest BCUT2D eigenvalue weighted by Crippen LogP contribution is -2.08. The van der Waals surface area contributed by atoms with Crippen molar-refractivity contribution >= 4 is 11.8 Å². The van der Waals surface area contributed by atoms with Gasteiger partial charge in [0, 0.05) is 12.5 Å². The summed E-state index contributed by atoms with van der Waals surface area (Å²) >= 11 is 0. The summed E-state index contributed by atoms with van der Waals surface area (Å²) in [5.41, 5.74) is 0.528. The van der Waals surface area contributed by atoms with Crippen LogP contribution in [0.15, 0.2) is 11.6 Å². The molecule has 0 bridgehead atoms.